The Morgan fingerprint density at radius 2 is 2.08 bits per heavy atom. The molecule has 0 atom stereocenters. The maximum Gasteiger partial charge on any atom is 0.420 e. The lowest BCUT2D eigenvalue weighted by Gasteiger charge is -2.23. The Kier molecular flexibility index (Phi) is 2.98. The van der Waals surface area contributed by atoms with E-state index in [0.717, 1.165) is 6.54 Å². The summed E-state index contributed by atoms with van der Waals surface area (Å²) in [6.07, 6.45) is 6.38. The minimum Gasteiger partial charge on any atom is -0.447 e. The third-order valence-corrected chi connectivity index (χ3v) is 3.91. The molecular formula is C9H15NO2S. The largest absolute Gasteiger partial charge is 0.447 e. The summed E-state index contributed by atoms with van der Waals surface area (Å²) in [7, 11) is 0. The molecule has 2 rings (SSSR count). The van der Waals surface area contributed by atoms with E-state index in [0.29, 0.717) is 11.9 Å². The zero-order chi connectivity index (χ0) is 9.10. The van der Waals surface area contributed by atoms with Gasteiger partial charge in [-0.2, -0.15) is 0 Å². The molecule has 1 saturated heterocycles. The molecule has 3 nitrogen and oxygen atoms in total. The predicted molar refractivity (Wildman–Crippen MR) is 52.5 cm³/mol. The zero-order valence-corrected chi connectivity index (χ0v) is 8.52. The van der Waals surface area contributed by atoms with Crippen LogP contribution in [0.15, 0.2) is 0 Å². The van der Waals surface area contributed by atoms with Gasteiger partial charge in [-0.05, 0) is 24.8 Å². The van der Waals surface area contributed by atoms with Crippen LogP contribution in [-0.4, -0.2) is 28.8 Å². The van der Waals surface area contributed by atoms with E-state index in [-0.39, 0.29) is 6.09 Å². The summed E-state index contributed by atoms with van der Waals surface area (Å²) in [5.74, 6) is 0. The zero-order valence-electron chi connectivity index (χ0n) is 7.70. The van der Waals surface area contributed by atoms with E-state index in [1.807, 2.05) is 0 Å². The lowest BCUT2D eigenvalue weighted by Crippen LogP contribution is -2.21. The van der Waals surface area contributed by atoms with Crippen LogP contribution in [-0.2, 0) is 4.74 Å². The normalized spacial score (nSPS) is 24.9. The summed E-state index contributed by atoms with van der Waals surface area (Å²) < 4.78 is 6.65. The molecule has 1 aliphatic carbocycles. The molecule has 1 saturated carbocycles. The second kappa shape index (κ2) is 4.22. The molecule has 1 heterocycles. The molecule has 0 bridgehead atoms. The summed E-state index contributed by atoms with van der Waals surface area (Å²) in [5, 5.41) is 0.652. The highest BCUT2D eigenvalue weighted by Gasteiger charge is 2.26. The van der Waals surface area contributed by atoms with Crippen LogP contribution in [0.5, 0.6) is 0 Å². The standard InChI is InChI=1S/C9H15NO2S/c11-9-10(6-7-12-9)13-8-4-2-1-3-5-8/h8H,1-7H2. The number of rotatable bonds is 2. The Labute approximate surface area is 82.9 Å². The molecule has 0 unspecified atom stereocenters. The van der Waals surface area contributed by atoms with Gasteiger partial charge in [0, 0.05) is 5.25 Å². The van der Waals surface area contributed by atoms with Gasteiger partial charge in [-0.1, -0.05) is 19.3 Å². The molecule has 4 heteroatoms. The number of hydrogen-bond donors (Lipinski definition) is 0. The van der Waals surface area contributed by atoms with Crippen molar-refractivity contribution in [3.05, 3.63) is 0 Å². The number of amides is 1. The first-order chi connectivity index (χ1) is 6.36. The smallest absolute Gasteiger partial charge is 0.420 e. The van der Waals surface area contributed by atoms with E-state index >= 15 is 0 Å². The molecule has 0 aromatic rings. The first kappa shape index (κ1) is 9.19. The van der Waals surface area contributed by atoms with Crippen LogP contribution in [0, 0.1) is 0 Å². The number of nitrogens with zero attached hydrogens (tertiary/aromatic N) is 1. The minimum absolute atomic E-state index is 0.143. The Morgan fingerprint density at radius 3 is 2.69 bits per heavy atom. The Balaban J connectivity index is 1.79. The van der Waals surface area contributed by atoms with Crippen molar-refractivity contribution in [2.75, 3.05) is 13.2 Å². The fourth-order valence-electron chi connectivity index (χ4n) is 1.83. The highest BCUT2D eigenvalue weighted by atomic mass is 32.2. The summed E-state index contributed by atoms with van der Waals surface area (Å²) >= 11 is 1.70. The first-order valence-corrected chi connectivity index (χ1v) is 5.81. The molecule has 2 aliphatic rings. The summed E-state index contributed by atoms with van der Waals surface area (Å²) in [6, 6.07) is 0. The van der Waals surface area contributed by atoms with Crippen LogP contribution >= 0.6 is 11.9 Å². The monoisotopic (exact) mass is 201 g/mol. The Hall–Kier alpha value is -0.380. The van der Waals surface area contributed by atoms with Crippen molar-refractivity contribution in [1.82, 2.24) is 4.31 Å². The molecule has 1 aliphatic heterocycles. The van der Waals surface area contributed by atoms with E-state index in [2.05, 4.69) is 0 Å². The van der Waals surface area contributed by atoms with Crippen LogP contribution in [0.3, 0.4) is 0 Å². The van der Waals surface area contributed by atoms with Gasteiger partial charge in [0.1, 0.15) is 6.61 Å². The molecule has 13 heavy (non-hydrogen) atoms. The quantitative estimate of drug-likeness (QED) is 0.643. The first-order valence-electron chi connectivity index (χ1n) is 4.97. The Morgan fingerprint density at radius 1 is 1.31 bits per heavy atom. The number of carbonyl (C=O) groups excluding carboxylic acids is 1. The van der Waals surface area contributed by atoms with E-state index in [9.17, 15) is 4.79 Å². The van der Waals surface area contributed by atoms with Crippen LogP contribution < -0.4 is 0 Å². The van der Waals surface area contributed by atoms with Crippen molar-refractivity contribution in [1.29, 1.82) is 0 Å². The molecular weight excluding hydrogens is 186 g/mol. The maximum absolute atomic E-state index is 11.1. The average Bonchev–Trinajstić information content (AvgIpc) is 2.54. The number of hydrogen-bond acceptors (Lipinski definition) is 3. The van der Waals surface area contributed by atoms with Crippen LogP contribution in [0.4, 0.5) is 4.79 Å². The van der Waals surface area contributed by atoms with E-state index in [1.54, 1.807) is 16.3 Å². The van der Waals surface area contributed by atoms with Crippen LogP contribution in [0.1, 0.15) is 32.1 Å². The van der Waals surface area contributed by atoms with Gasteiger partial charge < -0.3 is 4.74 Å². The molecule has 74 valence electrons. The number of ether oxygens (including phenoxy) is 1. The summed E-state index contributed by atoms with van der Waals surface area (Å²) in [6.45, 7) is 1.33. The fraction of sp³-hybridized carbons (Fsp3) is 0.889. The van der Waals surface area contributed by atoms with Crippen molar-refractivity contribution in [3.63, 3.8) is 0 Å². The molecule has 0 aromatic carbocycles. The highest BCUT2D eigenvalue weighted by Crippen LogP contribution is 2.31. The maximum atomic E-state index is 11.1. The highest BCUT2D eigenvalue weighted by molar-refractivity contribution is 7.98. The SMILES string of the molecule is O=C1OCCN1SC1CCCCC1. The second-order valence-electron chi connectivity index (χ2n) is 3.58. The van der Waals surface area contributed by atoms with Gasteiger partial charge in [-0.25, -0.2) is 9.10 Å². The van der Waals surface area contributed by atoms with Crippen molar-refractivity contribution in [3.8, 4) is 0 Å². The lowest BCUT2D eigenvalue weighted by molar-refractivity contribution is 0.171. The van der Waals surface area contributed by atoms with E-state index in [1.165, 1.54) is 32.1 Å². The Bertz CT molecular complexity index is 192. The van der Waals surface area contributed by atoms with Crippen LogP contribution in [0.2, 0.25) is 0 Å². The topological polar surface area (TPSA) is 29.5 Å². The molecule has 0 spiro atoms. The molecule has 2 fully saturated rings. The van der Waals surface area contributed by atoms with Gasteiger partial charge in [-0.15, -0.1) is 0 Å². The van der Waals surface area contributed by atoms with Gasteiger partial charge >= 0.3 is 6.09 Å². The van der Waals surface area contributed by atoms with Crippen molar-refractivity contribution in [2.45, 2.75) is 37.4 Å². The number of carbonyl (C=O) groups is 1. The van der Waals surface area contributed by atoms with Crippen molar-refractivity contribution < 1.29 is 9.53 Å². The van der Waals surface area contributed by atoms with Gasteiger partial charge in [0.2, 0.25) is 0 Å². The van der Waals surface area contributed by atoms with Gasteiger partial charge in [0.05, 0.1) is 6.54 Å². The van der Waals surface area contributed by atoms with Crippen molar-refractivity contribution >= 4 is 18.0 Å². The molecule has 0 aromatic heterocycles. The third-order valence-electron chi connectivity index (χ3n) is 2.55. The third kappa shape index (κ3) is 2.30. The van der Waals surface area contributed by atoms with Gasteiger partial charge in [-0.3, -0.25) is 0 Å². The minimum atomic E-state index is -0.143. The van der Waals surface area contributed by atoms with Crippen molar-refractivity contribution in [2.24, 2.45) is 0 Å². The van der Waals surface area contributed by atoms with Gasteiger partial charge in [0.25, 0.3) is 0 Å². The summed E-state index contributed by atoms with van der Waals surface area (Å²) in [4.78, 5) is 11.1. The predicted octanol–water partition coefficient (Wildman–Crippen LogP) is 2.42. The molecule has 1 amide bonds. The van der Waals surface area contributed by atoms with E-state index in [4.69, 9.17) is 4.74 Å². The number of cyclic esters (lactones) is 1. The van der Waals surface area contributed by atoms with Gasteiger partial charge in [0.15, 0.2) is 0 Å². The molecule has 0 N–H and O–H groups in total. The van der Waals surface area contributed by atoms with E-state index < -0.39 is 0 Å². The lowest BCUT2D eigenvalue weighted by atomic mass is 10.0. The molecule has 0 radical (unpaired) electrons. The van der Waals surface area contributed by atoms with Crippen LogP contribution in [0.25, 0.3) is 0 Å². The summed E-state index contributed by atoms with van der Waals surface area (Å²) in [5.41, 5.74) is 0. The second-order valence-corrected chi connectivity index (χ2v) is 4.90. The average molecular weight is 201 g/mol. The fourth-order valence-corrected chi connectivity index (χ4v) is 3.05.